The fourth-order valence-corrected chi connectivity index (χ4v) is 2.50. The van der Waals surface area contributed by atoms with E-state index >= 15 is 0 Å². The highest BCUT2D eigenvalue weighted by Gasteiger charge is 2.36. The van der Waals surface area contributed by atoms with Gasteiger partial charge < -0.3 is 20.6 Å². The zero-order chi connectivity index (χ0) is 22.9. The molecule has 0 fully saturated rings. The average Bonchev–Trinajstić information content (AvgIpc) is 2.59. The SMILES string of the molecule is CC(C)(C)c1cc([B]OC(C)(C)C(C)(C)O)c(O)c(N=Nc2ccc(Cl)cc2N)c1. The predicted molar refractivity (Wildman–Crippen MR) is 124 cm³/mol. The molecule has 6 nitrogen and oxygen atoms in total. The topological polar surface area (TPSA) is 100 Å². The van der Waals surface area contributed by atoms with Gasteiger partial charge in [0, 0.05) is 5.02 Å². The fraction of sp³-hybridized carbons (Fsp3) is 0.455. The van der Waals surface area contributed by atoms with Gasteiger partial charge in [0.15, 0.2) is 0 Å². The number of phenolic OH excluding ortho intramolecular Hbond substituents is 1. The van der Waals surface area contributed by atoms with Crippen LogP contribution in [0, 0.1) is 0 Å². The molecule has 2 rings (SSSR count). The number of benzene rings is 2. The predicted octanol–water partition coefficient (Wildman–Crippen LogP) is 5.15. The van der Waals surface area contributed by atoms with E-state index in [2.05, 4.69) is 31.0 Å². The summed E-state index contributed by atoms with van der Waals surface area (Å²) in [6.07, 6.45) is 0. The molecule has 0 saturated carbocycles. The van der Waals surface area contributed by atoms with Gasteiger partial charge >= 0.3 is 7.48 Å². The summed E-state index contributed by atoms with van der Waals surface area (Å²) in [5.74, 6) is -0.0779. The van der Waals surface area contributed by atoms with Crippen LogP contribution >= 0.6 is 11.6 Å². The second-order valence-electron chi connectivity index (χ2n) is 9.39. The first-order chi connectivity index (χ1) is 13.6. The minimum Gasteiger partial charge on any atom is -0.506 e. The van der Waals surface area contributed by atoms with E-state index in [1.807, 2.05) is 6.07 Å². The molecule has 0 spiro atoms. The number of nitrogens with two attached hydrogens (primary N) is 1. The van der Waals surface area contributed by atoms with Crippen molar-refractivity contribution in [2.75, 3.05) is 5.73 Å². The van der Waals surface area contributed by atoms with E-state index in [0.717, 1.165) is 5.56 Å². The molecule has 0 saturated heterocycles. The molecule has 1 radical (unpaired) electrons. The third kappa shape index (κ3) is 5.75. The molecule has 2 aromatic rings. The minimum absolute atomic E-state index is 0.0779. The first-order valence-corrected chi connectivity index (χ1v) is 10.1. The summed E-state index contributed by atoms with van der Waals surface area (Å²) in [7, 11) is 1.44. The second-order valence-corrected chi connectivity index (χ2v) is 9.83. The summed E-state index contributed by atoms with van der Waals surface area (Å²) in [6, 6.07) is 8.54. The lowest BCUT2D eigenvalue weighted by molar-refractivity contribution is -0.0893. The van der Waals surface area contributed by atoms with E-state index in [9.17, 15) is 10.2 Å². The molecule has 0 atom stereocenters. The molecule has 0 bridgehead atoms. The van der Waals surface area contributed by atoms with E-state index in [1.165, 1.54) is 7.48 Å². The number of phenols is 1. The summed E-state index contributed by atoms with van der Waals surface area (Å²) in [4.78, 5) is 0. The smallest absolute Gasteiger partial charge is 0.334 e. The number of aliphatic hydroxyl groups is 1. The Morgan fingerprint density at radius 3 is 2.10 bits per heavy atom. The lowest BCUT2D eigenvalue weighted by Crippen LogP contribution is -2.49. The Morgan fingerprint density at radius 1 is 0.967 bits per heavy atom. The van der Waals surface area contributed by atoms with Crippen molar-refractivity contribution >= 4 is 41.6 Å². The van der Waals surface area contributed by atoms with Gasteiger partial charge in [-0.15, -0.1) is 10.2 Å². The van der Waals surface area contributed by atoms with Gasteiger partial charge in [-0.3, -0.25) is 0 Å². The normalized spacial score (nSPS) is 13.1. The van der Waals surface area contributed by atoms with Crippen LogP contribution in [0.15, 0.2) is 40.6 Å². The third-order valence-corrected chi connectivity index (χ3v) is 5.43. The molecule has 0 aliphatic heterocycles. The molecule has 0 heterocycles. The average molecular weight is 431 g/mol. The Kier molecular flexibility index (Phi) is 6.91. The lowest BCUT2D eigenvalue weighted by Gasteiger charge is -2.37. The van der Waals surface area contributed by atoms with Gasteiger partial charge in [0.1, 0.15) is 17.1 Å². The lowest BCUT2D eigenvalue weighted by atomic mass is 9.78. The largest absolute Gasteiger partial charge is 0.506 e. The molecule has 0 aliphatic carbocycles. The quantitative estimate of drug-likeness (QED) is 0.335. The van der Waals surface area contributed by atoms with Gasteiger partial charge in [-0.2, -0.15) is 0 Å². The zero-order valence-corrected chi connectivity index (χ0v) is 19.4. The number of nitrogens with zero attached hydrogens (tertiary/aromatic N) is 2. The molecular weight excluding hydrogens is 401 g/mol. The van der Waals surface area contributed by atoms with Crippen LogP contribution in [0.4, 0.5) is 17.1 Å². The molecule has 30 heavy (non-hydrogen) atoms. The number of hydrogen-bond donors (Lipinski definition) is 3. The van der Waals surface area contributed by atoms with Gasteiger partial charge in [0.25, 0.3) is 0 Å². The Hall–Kier alpha value is -2.09. The fourth-order valence-electron chi connectivity index (χ4n) is 2.32. The van der Waals surface area contributed by atoms with Crippen LogP contribution in [-0.4, -0.2) is 28.9 Å². The number of nitrogen functional groups attached to an aromatic ring is 1. The molecule has 161 valence electrons. The van der Waals surface area contributed by atoms with E-state index < -0.39 is 11.2 Å². The molecule has 0 unspecified atom stereocenters. The number of azo groups is 1. The zero-order valence-electron chi connectivity index (χ0n) is 18.6. The van der Waals surface area contributed by atoms with E-state index in [1.54, 1.807) is 52.0 Å². The van der Waals surface area contributed by atoms with Crippen LogP contribution in [-0.2, 0) is 10.1 Å². The maximum absolute atomic E-state index is 10.8. The summed E-state index contributed by atoms with van der Waals surface area (Å²) >= 11 is 5.93. The molecule has 2 aromatic carbocycles. The van der Waals surface area contributed by atoms with Gasteiger partial charge in [0.2, 0.25) is 0 Å². The van der Waals surface area contributed by atoms with Crippen LogP contribution in [0.1, 0.15) is 54.0 Å². The van der Waals surface area contributed by atoms with Gasteiger partial charge in [0.05, 0.1) is 16.9 Å². The summed E-state index contributed by atoms with van der Waals surface area (Å²) in [5.41, 5.74) is 6.27. The van der Waals surface area contributed by atoms with Crippen molar-refractivity contribution < 1.29 is 14.9 Å². The number of aromatic hydroxyl groups is 1. The van der Waals surface area contributed by atoms with Crippen molar-refractivity contribution in [3.05, 3.63) is 40.9 Å². The number of halogens is 1. The number of hydrogen-bond acceptors (Lipinski definition) is 6. The maximum atomic E-state index is 10.8. The minimum atomic E-state index is -1.09. The molecule has 0 aromatic heterocycles. The Balaban J connectivity index is 2.45. The van der Waals surface area contributed by atoms with E-state index in [0.29, 0.717) is 21.9 Å². The van der Waals surface area contributed by atoms with E-state index in [4.69, 9.17) is 22.0 Å². The summed E-state index contributed by atoms with van der Waals surface area (Å²) < 4.78 is 5.84. The number of rotatable bonds is 6. The highest BCUT2D eigenvalue weighted by molar-refractivity contribution is 6.48. The third-order valence-electron chi connectivity index (χ3n) is 5.19. The van der Waals surface area contributed by atoms with Crippen LogP contribution in [0.2, 0.25) is 5.02 Å². The van der Waals surface area contributed by atoms with Crippen molar-refractivity contribution in [3.63, 3.8) is 0 Å². The molecular formula is C22H30BClN3O3. The van der Waals surface area contributed by atoms with Crippen LogP contribution < -0.4 is 11.2 Å². The summed E-state index contributed by atoms with van der Waals surface area (Å²) in [5, 5.41) is 30.0. The molecule has 0 aliphatic rings. The molecule has 4 N–H and O–H groups in total. The van der Waals surface area contributed by atoms with Crippen molar-refractivity contribution in [2.24, 2.45) is 10.2 Å². The second kappa shape index (κ2) is 8.57. The van der Waals surface area contributed by atoms with Crippen LogP contribution in [0.3, 0.4) is 0 Å². The van der Waals surface area contributed by atoms with Crippen molar-refractivity contribution in [2.45, 2.75) is 65.1 Å². The Morgan fingerprint density at radius 2 is 1.57 bits per heavy atom. The first-order valence-electron chi connectivity index (χ1n) is 9.69. The summed E-state index contributed by atoms with van der Waals surface area (Å²) in [6.45, 7) is 13.1. The standard InChI is InChI=1S/C22H30BClN3O3/c1-20(2,3)13-10-15(23-30-22(6,7)21(4,5)29)19(28)18(11-13)27-26-17-9-8-14(24)12-16(17)25/h8-12,28-29H,25H2,1-7H3. The van der Waals surface area contributed by atoms with Crippen molar-refractivity contribution in [1.82, 2.24) is 0 Å². The number of anilines is 1. The van der Waals surface area contributed by atoms with Crippen LogP contribution in [0.5, 0.6) is 5.75 Å². The Labute approximate surface area is 184 Å². The molecule has 8 heteroatoms. The monoisotopic (exact) mass is 430 g/mol. The van der Waals surface area contributed by atoms with Crippen molar-refractivity contribution in [3.8, 4) is 5.75 Å². The highest BCUT2D eigenvalue weighted by atomic mass is 35.5. The van der Waals surface area contributed by atoms with Crippen molar-refractivity contribution in [1.29, 1.82) is 0 Å². The van der Waals surface area contributed by atoms with Gasteiger partial charge in [-0.1, -0.05) is 38.4 Å². The molecule has 0 amide bonds. The van der Waals surface area contributed by atoms with Gasteiger partial charge in [-0.25, -0.2) is 0 Å². The van der Waals surface area contributed by atoms with Crippen LogP contribution in [0.25, 0.3) is 0 Å². The Bertz CT molecular complexity index is 948. The van der Waals surface area contributed by atoms with Gasteiger partial charge in [-0.05, 0) is 68.4 Å². The first kappa shape index (κ1) is 24.2. The van der Waals surface area contributed by atoms with E-state index in [-0.39, 0.29) is 16.9 Å². The highest BCUT2D eigenvalue weighted by Crippen LogP contribution is 2.34. The maximum Gasteiger partial charge on any atom is 0.334 e.